The number of anilines is 1. The molecule has 1 atom stereocenters. The van der Waals surface area contributed by atoms with Gasteiger partial charge in [0.25, 0.3) is 11.8 Å². The van der Waals surface area contributed by atoms with Crippen molar-refractivity contribution in [2.24, 2.45) is 0 Å². The minimum Gasteiger partial charge on any atom is -0.345 e. The van der Waals surface area contributed by atoms with Gasteiger partial charge in [-0.15, -0.1) is 0 Å². The van der Waals surface area contributed by atoms with E-state index >= 15 is 0 Å². The normalized spacial score (nSPS) is 14.1. The summed E-state index contributed by atoms with van der Waals surface area (Å²) in [6.07, 6.45) is 3.10. The second-order valence-corrected chi connectivity index (χ2v) is 8.97. The molecule has 6 nitrogen and oxygen atoms in total. The standard InChI is InChI=1S/C28H28ClN3O3/c29-23-15-7-5-13-21(23)27(34)31-25(20-11-3-1-4-12-20)19-26(33)30-24-16-8-6-14-22(24)28(35)32-17-9-2-10-18-32/h1,3-8,11-16,25H,2,9-10,17-19H2,(H,30,33)(H,31,34). The zero-order chi connectivity index (χ0) is 24.6. The number of para-hydroxylation sites is 1. The van der Waals surface area contributed by atoms with Crippen molar-refractivity contribution in [1.82, 2.24) is 10.2 Å². The first-order chi connectivity index (χ1) is 17.0. The number of hydrogen-bond acceptors (Lipinski definition) is 3. The first-order valence-corrected chi connectivity index (χ1v) is 12.2. The summed E-state index contributed by atoms with van der Waals surface area (Å²) in [5, 5.41) is 6.17. The number of amides is 3. The molecule has 0 saturated carbocycles. The number of rotatable bonds is 7. The Labute approximate surface area is 210 Å². The van der Waals surface area contributed by atoms with Gasteiger partial charge in [0.1, 0.15) is 0 Å². The van der Waals surface area contributed by atoms with Gasteiger partial charge in [0.05, 0.1) is 34.3 Å². The van der Waals surface area contributed by atoms with E-state index in [1.165, 1.54) is 0 Å². The van der Waals surface area contributed by atoms with Crippen LogP contribution in [0.1, 0.15) is 58.0 Å². The molecule has 1 aliphatic rings. The van der Waals surface area contributed by atoms with Crippen LogP contribution in [-0.2, 0) is 4.79 Å². The Hall–Kier alpha value is -3.64. The molecule has 3 aromatic carbocycles. The molecule has 0 aromatic heterocycles. The summed E-state index contributed by atoms with van der Waals surface area (Å²) < 4.78 is 0. The van der Waals surface area contributed by atoms with Gasteiger partial charge in [0, 0.05) is 13.1 Å². The summed E-state index contributed by atoms with van der Waals surface area (Å²) in [4.78, 5) is 41.0. The monoisotopic (exact) mass is 489 g/mol. The predicted octanol–water partition coefficient (Wildman–Crippen LogP) is 5.47. The van der Waals surface area contributed by atoms with Gasteiger partial charge in [0.15, 0.2) is 0 Å². The molecule has 2 N–H and O–H groups in total. The van der Waals surface area contributed by atoms with Crippen LogP contribution in [0.3, 0.4) is 0 Å². The Kier molecular flexibility index (Phi) is 8.16. The number of halogens is 1. The molecule has 0 bridgehead atoms. The van der Waals surface area contributed by atoms with Gasteiger partial charge in [-0.2, -0.15) is 0 Å². The van der Waals surface area contributed by atoms with Crippen LogP contribution in [0, 0.1) is 0 Å². The molecule has 3 amide bonds. The van der Waals surface area contributed by atoms with Crippen LogP contribution in [0.25, 0.3) is 0 Å². The number of carbonyl (C=O) groups is 3. The Morgan fingerprint density at radius 1 is 0.800 bits per heavy atom. The lowest BCUT2D eigenvalue weighted by Crippen LogP contribution is -2.36. The van der Waals surface area contributed by atoms with Gasteiger partial charge in [-0.05, 0) is 49.1 Å². The Morgan fingerprint density at radius 3 is 2.14 bits per heavy atom. The average Bonchev–Trinajstić information content (AvgIpc) is 2.89. The summed E-state index contributed by atoms with van der Waals surface area (Å²) in [7, 11) is 0. The lowest BCUT2D eigenvalue weighted by molar-refractivity contribution is -0.116. The van der Waals surface area contributed by atoms with Crippen LogP contribution in [0.15, 0.2) is 78.9 Å². The van der Waals surface area contributed by atoms with Gasteiger partial charge in [0.2, 0.25) is 5.91 Å². The fourth-order valence-corrected chi connectivity index (χ4v) is 4.47. The minimum absolute atomic E-state index is 0.00750. The van der Waals surface area contributed by atoms with Crippen LogP contribution in [0.2, 0.25) is 5.02 Å². The van der Waals surface area contributed by atoms with E-state index in [1.807, 2.05) is 35.2 Å². The third kappa shape index (κ3) is 6.28. The Balaban J connectivity index is 1.51. The zero-order valence-electron chi connectivity index (χ0n) is 19.4. The van der Waals surface area contributed by atoms with E-state index in [2.05, 4.69) is 10.6 Å². The molecule has 3 aromatic rings. The van der Waals surface area contributed by atoms with Crippen molar-refractivity contribution in [3.8, 4) is 0 Å². The Bertz CT molecular complexity index is 1190. The molecular weight excluding hydrogens is 462 g/mol. The fourth-order valence-electron chi connectivity index (χ4n) is 4.25. The highest BCUT2D eigenvalue weighted by Gasteiger charge is 2.24. The van der Waals surface area contributed by atoms with Gasteiger partial charge in [-0.25, -0.2) is 0 Å². The number of likely N-dealkylation sites (tertiary alicyclic amines) is 1. The first kappa shape index (κ1) is 24.5. The van der Waals surface area contributed by atoms with Crippen LogP contribution in [0.5, 0.6) is 0 Å². The lowest BCUT2D eigenvalue weighted by atomic mass is 10.0. The topological polar surface area (TPSA) is 78.5 Å². The molecule has 0 radical (unpaired) electrons. The van der Waals surface area contributed by atoms with Gasteiger partial charge in [-0.1, -0.05) is 66.2 Å². The maximum absolute atomic E-state index is 13.1. The molecule has 1 unspecified atom stereocenters. The summed E-state index contributed by atoms with van der Waals surface area (Å²) in [6, 6.07) is 22.6. The van der Waals surface area contributed by atoms with Crippen LogP contribution >= 0.6 is 11.6 Å². The van der Waals surface area contributed by atoms with E-state index in [0.717, 1.165) is 37.9 Å². The van der Waals surface area contributed by atoms with Crippen molar-refractivity contribution in [2.75, 3.05) is 18.4 Å². The third-order valence-electron chi connectivity index (χ3n) is 6.09. The molecule has 1 fully saturated rings. The minimum atomic E-state index is -0.579. The largest absolute Gasteiger partial charge is 0.345 e. The highest BCUT2D eigenvalue weighted by Crippen LogP contribution is 2.23. The molecular formula is C28H28ClN3O3. The molecule has 1 heterocycles. The summed E-state index contributed by atoms with van der Waals surface area (Å²) >= 11 is 6.20. The molecule has 1 aliphatic heterocycles. The van der Waals surface area contributed by atoms with Gasteiger partial charge >= 0.3 is 0 Å². The van der Waals surface area contributed by atoms with Crippen LogP contribution in [0.4, 0.5) is 5.69 Å². The summed E-state index contributed by atoms with van der Waals surface area (Å²) in [6.45, 7) is 1.45. The SMILES string of the molecule is O=C(CC(NC(=O)c1ccccc1Cl)c1ccccc1)Nc1ccccc1C(=O)N1CCCCC1. The number of carbonyl (C=O) groups excluding carboxylic acids is 3. The van der Waals surface area contributed by atoms with E-state index in [4.69, 9.17) is 11.6 Å². The average molecular weight is 490 g/mol. The first-order valence-electron chi connectivity index (χ1n) is 11.8. The molecule has 35 heavy (non-hydrogen) atoms. The number of hydrogen-bond donors (Lipinski definition) is 2. The number of benzene rings is 3. The van der Waals surface area contributed by atoms with E-state index in [9.17, 15) is 14.4 Å². The van der Waals surface area contributed by atoms with Crippen molar-refractivity contribution in [3.63, 3.8) is 0 Å². The third-order valence-corrected chi connectivity index (χ3v) is 6.42. The quantitative estimate of drug-likeness (QED) is 0.462. The van der Waals surface area contributed by atoms with Gasteiger partial charge < -0.3 is 15.5 Å². The van der Waals surface area contributed by atoms with Crippen LogP contribution < -0.4 is 10.6 Å². The van der Waals surface area contributed by atoms with Crippen molar-refractivity contribution in [3.05, 3.63) is 101 Å². The second-order valence-electron chi connectivity index (χ2n) is 8.57. The second kappa shape index (κ2) is 11.7. The Morgan fingerprint density at radius 2 is 1.43 bits per heavy atom. The van der Waals surface area contributed by atoms with Crippen molar-refractivity contribution in [1.29, 1.82) is 0 Å². The van der Waals surface area contributed by atoms with Crippen LogP contribution in [-0.4, -0.2) is 35.7 Å². The van der Waals surface area contributed by atoms with E-state index in [-0.39, 0.29) is 24.1 Å². The maximum Gasteiger partial charge on any atom is 0.255 e. The molecule has 0 aliphatic carbocycles. The van der Waals surface area contributed by atoms with Crippen molar-refractivity contribution >= 4 is 35.0 Å². The zero-order valence-corrected chi connectivity index (χ0v) is 20.1. The lowest BCUT2D eigenvalue weighted by Gasteiger charge is -2.27. The molecule has 0 spiro atoms. The van der Waals surface area contributed by atoms with E-state index < -0.39 is 6.04 Å². The smallest absolute Gasteiger partial charge is 0.255 e. The summed E-state index contributed by atoms with van der Waals surface area (Å²) in [5.41, 5.74) is 2.07. The molecule has 180 valence electrons. The molecule has 1 saturated heterocycles. The molecule has 7 heteroatoms. The van der Waals surface area contributed by atoms with Crippen molar-refractivity contribution in [2.45, 2.75) is 31.7 Å². The van der Waals surface area contributed by atoms with E-state index in [0.29, 0.717) is 21.8 Å². The number of nitrogens with one attached hydrogen (secondary N) is 2. The highest BCUT2D eigenvalue weighted by atomic mass is 35.5. The highest BCUT2D eigenvalue weighted by molar-refractivity contribution is 6.33. The van der Waals surface area contributed by atoms with Crippen molar-refractivity contribution < 1.29 is 14.4 Å². The number of piperidine rings is 1. The number of nitrogens with zero attached hydrogens (tertiary/aromatic N) is 1. The van der Waals surface area contributed by atoms with Gasteiger partial charge in [-0.3, -0.25) is 14.4 Å². The summed E-state index contributed by atoms with van der Waals surface area (Å²) in [5.74, 6) is -0.748. The maximum atomic E-state index is 13.1. The molecule has 4 rings (SSSR count). The van der Waals surface area contributed by atoms with E-state index in [1.54, 1.807) is 48.5 Å². The fraction of sp³-hybridized carbons (Fsp3) is 0.250. The predicted molar refractivity (Wildman–Crippen MR) is 138 cm³/mol.